The van der Waals surface area contributed by atoms with Crippen molar-refractivity contribution in [2.75, 3.05) is 44.2 Å². The van der Waals surface area contributed by atoms with Gasteiger partial charge in [0.15, 0.2) is 0 Å². The highest BCUT2D eigenvalue weighted by molar-refractivity contribution is 6.31. The van der Waals surface area contributed by atoms with Gasteiger partial charge in [0.05, 0.1) is 23.0 Å². The van der Waals surface area contributed by atoms with Crippen molar-refractivity contribution in [1.82, 2.24) is 19.8 Å². The number of hydrogen-bond donors (Lipinski definition) is 2. The van der Waals surface area contributed by atoms with Crippen molar-refractivity contribution in [3.8, 4) is 5.69 Å². The maximum atomic E-state index is 13.6. The lowest BCUT2D eigenvalue weighted by atomic mass is 10.1. The largest absolute Gasteiger partial charge is 0.418 e. The minimum atomic E-state index is -4.55. The standard InChI is InChI=1S/C27H31ClF3N5O2/c1-17-22(28)8-6-10-23(17)35-13-11-34(12-14-35)16-20(37)15-32-26(38)25-18(2)36(19(3)33-25)24-9-5-4-7-21(24)27(29,30)31/h4-10,20,37H,11-16H2,1-3H3,(H,32,38). The molecular formula is C27H31ClF3N5O2. The molecule has 0 bridgehead atoms. The summed E-state index contributed by atoms with van der Waals surface area (Å²) in [5.74, 6) is -0.285. The topological polar surface area (TPSA) is 73.6 Å². The molecule has 4 rings (SSSR count). The van der Waals surface area contributed by atoms with E-state index in [4.69, 9.17) is 11.6 Å². The predicted octanol–water partition coefficient (Wildman–Crippen LogP) is 4.38. The van der Waals surface area contributed by atoms with Gasteiger partial charge in [0.2, 0.25) is 0 Å². The summed E-state index contributed by atoms with van der Waals surface area (Å²) in [5.41, 5.74) is 1.56. The molecule has 0 saturated carbocycles. The average molecular weight is 550 g/mol. The van der Waals surface area contributed by atoms with Crippen LogP contribution in [0.4, 0.5) is 18.9 Å². The molecule has 1 saturated heterocycles. The first-order valence-corrected chi connectivity index (χ1v) is 12.8. The Hall–Kier alpha value is -3.08. The summed E-state index contributed by atoms with van der Waals surface area (Å²) >= 11 is 6.26. The Morgan fingerprint density at radius 1 is 1.05 bits per heavy atom. The molecule has 38 heavy (non-hydrogen) atoms. The van der Waals surface area contributed by atoms with Crippen LogP contribution in [0, 0.1) is 20.8 Å². The van der Waals surface area contributed by atoms with Crippen LogP contribution in [0.2, 0.25) is 5.02 Å². The Kier molecular flexibility index (Phi) is 8.34. The molecule has 1 atom stereocenters. The molecule has 0 spiro atoms. The van der Waals surface area contributed by atoms with Crippen molar-refractivity contribution in [2.24, 2.45) is 0 Å². The maximum absolute atomic E-state index is 13.6. The number of piperazine rings is 1. The first-order chi connectivity index (χ1) is 18.0. The minimum Gasteiger partial charge on any atom is -0.390 e. The van der Waals surface area contributed by atoms with E-state index in [0.29, 0.717) is 12.2 Å². The molecule has 2 aromatic carbocycles. The van der Waals surface area contributed by atoms with Gasteiger partial charge < -0.3 is 15.3 Å². The van der Waals surface area contributed by atoms with Gasteiger partial charge >= 0.3 is 6.18 Å². The highest BCUT2D eigenvalue weighted by Crippen LogP contribution is 2.35. The van der Waals surface area contributed by atoms with E-state index in [9.17, 15) is 23.1 Å². The zero-order valence-electron chi connectivity index (χ0n) is 21.5. The summed E-state index contributed by atoms with van der Waals surface area (Å²) in [6.45, 7) is 8.56. The van der Waals surface area contributed by atoms with Crippen LogP contribution in [-0.2, 0) is 6.18 Å². The molecule has 204 valence electrons. The van der Waals surface area contributed by atoms with Gasteiger partial charge in [-0.2, -0.15) is 13.2 Å². The van der Waals surface area contributed by atoms with Crippen molar-refractivity contribution in [2.45, 2.75) is 33.1 Å². The van der Waals surface area contributed by atoms with Gasteiger partial charge in [0.1, 0.15) is 11.5 Å². The van der Waals surface area contributed by atoms with Crippen LogP contribution in [-0.4, -0.2) is 70.8 Å². The number of benzene rings is 2. The van der Waals surface area contributed by atoms with Gasteiger partial charge in [-0.1, -0.05) is 29.8 Å². The second-order valence-electron chi connectivity index (χ2n) is 9.48. The van der Waals surface area contributed by atoms with E-state index < -0.39 is 23.8 Å². The van der Waals surface area contributed by atoms with Gasteiger partial charge in [-0.25, -0.2) is 4.98 Å². The lowest BCUT2D eigenvalue weighted by molar-refractivity contribution is -0.137. The third-order valence-electron chi connectivity index (χ3n) is 6.86. The quantitative estimate of drug-likeness (QED) is 0.457. The number of carbonyl (C=O) groups excluding carboxylic acids is 1. The maximum Gasteiger partial charge on any atom is 0.418 e. The first kappa shape index (κ1) is 27.9. The number of carbonyl (C=O) groups is 1. The molecule has 11 heteroatoms. The number of aromatic nitrogens is 2. The molecule has 2 N–H and O–H groups in total. The summed E-state index contributed by atoms with van der Waals surface area (Å²) in [6, 6.07) is 11.0. The van der Waals surface area contributed by atoms with Crippen molar-refractivity contribution in [1.29, 1.82) is 0 Å². The van der Waals surface area contributed by atoms with Crippen LogP contribution < -0.4 is 10.2 Å². The third kappa shape index (κ3) is 5.98. The van der Waals surface area contributed by atoms with E-state index in [1.165, 1.54) is 22.8 Å². The fourth-order valence-electron chi connectivity index (χ4n) is 4.89. The van der Waals surface area contributed by atoms with E-state index in [1.807, 2.05) is 25.1 Å². The van der Waals surface area contributed by atoms with Crippen molar-refractivity contribution >= 4 is 23.2 Å². The molecular weight excluding hydrogens is 519 g/mol. The van der Waals surface area contributed by atoms with Crippen LogP contribution in [0.25, 0.3) is 5.69 Å². The number of alkyl halides is 3. The number of hydrogen-bond acceptors (Lipinski definition) is 5. The lowest BCUT2D eigenvalue weighted by Crippen LogP contribution is -2.50. The van der Waals surface area contributed by atoms with Crippen LogP contribution in [0.1, 0.15) is 33.1 Å². The molecule has 0 aliphatic carbocycles. The molecule has 0 radical (unpaired) electrons. The van der Waals surface area contributed by atoms with Gasteiger partial charge in [-0.05, 0) is 50.6 Å². The average Bonchev–Trinajstić information content (AvgIpc) is 3.18. The Balaban J connectivity index is 1.34. The number of halogens is 4. The van der Waals surface area contributed by atoms with Crippen LogP contribution in [0.15, 0.2) is 42.5 Å². The molecule has 1 aliphatic rings. The first-order valence-electron chi connectivity index (χ1n) is 12.4. The van der Waals surface area contributed by atoms with Gasteiger partial charge in [0, 0.05) is 50.0 Å². The molecule has 3 aromatic rings. The number of nitrogens with zero attached hydrogens (tertiary/aromatic N) is 4. The summed E-state index contributed by atoms with van der Waals surface area (Å²) in [6.07, 6.45) is -5.36. The monoisotopic (exact) mass is 549 g/mol. The minimum absolute atomic E-state index is 0.00304. The van der Waals surface area contributed by atoms with E-state index in [0.717, 1.165) is 48.5 Å². The number of β-amino-alcohol motifs (C(OH)–C–C–N with tert-alkyl or cyclic N) is 1. The summed E-state index contributed by atoms with van der Waals surface area (Å²) in [4.78, 5) is 21.5. The number of aliphatic hydroxyl groups excluding tert-OH is 1. The number of anilines is 1. The van der Waals surface area contributed by atoms with Crippen molar-refractivity contribution < 1.29 is 23.1 Å². The van der Waals surface area contributed by atoms with Crippen LogP contribution in [0.5, 0.6) is 0 Å². The second kappa shape index (κ2) is 11.3. The van der Waals surface area contributed by atoms with Gasteiger partial charge in [-0.15, -0.1) is 0 Å². The Morgan fingerprint density at radius 3 is 2.39 bits per heavy atom. The van der Waals surface area contributed by atoms with E-state index in [1.54, 1.807) is 13.8 Å². The van der Waals surface area contributed by atoms with Crippen LogP contribution >= 0.6 is 11.6 Å². The summed E-state index contributed by atoms with van der Waals surface area (Å²) < 4.78 is 42.0. The summed E-state index contributed by atoms with van der Waals surface area (Å²) in [7, 11) is 0. The number of rotatable bonds is 7. The number of nitrogens with one attached hydrogen (secondary N) is 1. The number of imidazole rings is 1. The molecule has 1 aromatic heterocycles. The Morgan fingerprint density at radius 2 is 1.71 bits per heavy atom. The fourth-order valence-corrected chi connectivity index (χ4v) is 5.06. The fraction of sp³-hybridized carbons (Fsp3) is 0.407. The highest BCUT2D eigenvalue weighted by Gasteiger charge is 2.35. The SMILES string of the molecule is Cc1c(Cl)cccc1N1CCN(CC(O)CNC(=O)c2nc(C)n(-c3ccccc3C(F)(F)F)c2C)CC1. The van der Waals surface area contributed by atoms with Crippen LogP contribution in [0.3, 0.4) is 0 Å². The molecule has 2 heterocycles. The smallest absolute Gasteiger partial charge is 0.390 e. The number of para-hydroxylation sites is 1. The zero-order valence-corrected chi connectivity index (χ0v) is 22.3. The predicted molar refractivity (Wildman–Crippen MR) is 141 cm³/mol. The van der Waals surface area contributed by atoms with Gasteiger partial charge in [0.25, 0.3) is 5.91 Å². The third-order valence-corrected chi connectivity index (χ3v) is 7.27. The highest BCUT2D eigenvalue weighted by atomic mass is 35.5. The molecule has 1 aliphatic heterocycles. The zero-order chi connectivity index (χ0) is 27.6. The van der Waals surface area contributed by atoms with Crippen molar-refractivity contribution in [3.63, 3.8) is 0 Å². The molecule has 1 unspecified atom stereocenters. The van der Waals surface area contributed by atoms with Gasteiger partial charge in [-0.3, -0.25) is 14.3 Å². The number of aliphatic hydroxyl groups is 1. The van der Waals surface area contributed by atoms with E-state index >= 15 is 0 Å². The number of aryl methyl sites for hydroxylation is 1. The number of amides is 1. The van der Waals surface area contributed by atoms with E-state index in [2.05, 4.69) is 20.1 Å². The second-order valence-corrected chi connectivity index (χ2v) is 9.89. The molecule has 1 amide bonds. The summed E-state index contributed by atoms with van der Waals surface area (Å²) in [5, 5.41) is 14.0. The lowest BCUT2D eigenvalue weighted by Gasteiger charge is -2.37. The Labute approximate surface area is 224 Å². The molecule has 1 fully saturated rings. The molecule has 7 nitrogen and oxygen atoms in total. The normalized spacial score (nSPS) is 15.5. The van der Waals surface area contributed by atoms with Crippen molar-refractivity contribution in [3.05, 3.63) is 75.8 Å². The Bertz CT molecular complexity index is 1300. The van der Waals surface area contributed by atoms with E-state index in [-0.39, 0.29) is 23.8 Å².